The molecular formula is C15H20N4. The number of aryl methyl sites for hydroxylation is 2. The first kappa shape index (κ1) is 13.3. The number of aromatic nitrogens is 2. The van der Waals surface area contributed by atoms with Gasteiger partial charge in [-0.3, -0.25) is 0 Å². The molecule has 0 amide bonds. The molecule has 19 heavy (non-hydrogen) atoms. The van der Waals surface area contributed by atoms with E-state index >= 15 is 0 Å². The Morgan fingerprint density at radius 2 is 1.84 bits per heavy atom. The van der Waals surface area contributed by atoms with Gasteiger partial charge in [-0.25, -0.2) is 4.98 Å². The number of nitrogens with zero attached hydrogens (tertiary/aromatic N) is 2. The number of benzene rings is 1. The average molecular weight is 256 g/mol. The molecule has 0 aliphatic carbocycles. The van der Waals surface area contributed by atoms with Gasteiger partial charge in [0.25, 0.3) is 0 Å². The van der Waals surface area contributed by atoms with Crippen molar-refractivity contribution in [3.63, 3.8) is 0 Å². The van der Waals surface area contributed by atoms with Crippen molar-refractivity contribution in [3.8, 4) is 0 Å². The highest BCUT2D eigenvalue weighted by Gasteiger charge is 2.03. The minimum Gasteiger partial charge on any atom is -0.366 e. The van der Waals surface area contributed by atoms with Crippen molar-refractivity contribution in [1.29, 1.82) is 0 Å². The molecule has 4 nitrogen and oxygen atoms in total. The summed E-state index contributed by atoms with van der Waals surface area (Å²) in [5.74, 6) is 1.49. The zero-order valence-corrected chi connectivity index (χ0v) is 11.7. The van der Waals surface area contributed by atoms with E-state index in [1.807, 2.05) is 20.0 Å². The quantitative estimate of drug-likeness (QED) is 0.863. The number of hydrogen-bond acceptors (Lipinski definition) is 4. The zero-order chi connectivity index (χ0) is 13.7. The summed E-state index contributed by atoms with van der Waals surface area (Å²) in [5.41, 5.74) is 3.63. The third-order valence-electron chi connectivity index (χ3n) is 3.04. The molecule has 0 saturated heterocycles. The number of rotatable bonds is 5. The molecule has 0 spiro atoms. The van der Waals surface area contributed by atoms with Crippen LogP contribution in [0.2, 0.25) is 0 Å². The van der Waals surface area contributed by atoms with Crippen molar-refractivity contribution in [1.82, 2.24) is 9.97 Å². The van der Waals surface area contributed by atoms with Crippen LogP contribution in [0.25, 0.3) is 0 Å². The third-order valence-corrected chi connectivity index (χ3v) is 3.04. The van der Waals surface area contributed by atoms with E-state index in [4.69, 9.17) is 0 Å². The highest BCUT2D eigenvalue weighted by Crippen LogP contribution is 2.13. The van der Waals surface area contributed by atoms with E-state index < -0.39 is 0 Å². The van der Waals surface area contributed by atoms with Crippen molar-refractivity contribution in [2.75, 3.05) is 17.7 Å². The molecule has 0 bridgehead atoms. The van der Waals surface area contributed by atoms with Crippen molar-refractivity contribution in [2.24, 2.45) is 0 Å². The topological polar surface area (TPSA) is 49.8 Å². The molecule has 1 aromatic heterocycles. The smallest absolute Gasteiger partial charge is 0.224 e. The summed E-state index contributed by atoms with van der Waals surface area (Å²) in [6.45, 7) is 4.92. The van der Waals surface area contributed by atoms with Crippen LogP contribution >= 0.6 is 0 Å². The Kier molecular flexibility index (Phi) is 4.34. The Bertz CT molecular complexity index is 552. The summed E-state index contributed by atoms with van der Waals surface area (Å²) < 4.78 is 0. The molecule has 0 atom stereocenters. The van der Waals surface area contributed by atoms with Crippen molar-refractivity contribution < 1.29 is 0 Å². The highest BCUT2D eigenvalue weighted by molar-refractivity contribution is 5.43. The standard InChI is InChI=1S/C15H20N4/c1-4-12-7-5-6-8-13(12)10-17-14-9-11(2)18-15(16-3)19-14/h5-9H,4,10H2,1-3H3,(H2,16,17,18,19). The normalized spacial score (nSPS) is 10.3. The molecule has 2 aromatic rings. The van der Waals surface area contributed by atoms with Gasteiger partial charge in [-0.2, -0.15) is 4.98 Å². The average Bonchev–Trinajstić information content (AvgIpc) is 2.44. The van der Waals surface area contributed by atoms with Gasteiger partial charge < -0.3 is 10.6 Å². The van der Waals surface area contributed by atoms with Crippen LogP contribution in [0.3, 0.4) is 0 Å². The van der Waals surface area contributed by atoms with Gasteiger partial charge >= 0.3 is 0 Å². The summed E-state index contributed by atoms with van der Waals surface area (Å²) in [7, 11) is 1.82. The van der Waals surface area contributed by atoms with E-state index in [-0.39, 0.29) is 0 Å². The number of hydrogen-bond donors (Lipinski definition) is 2. The lowest BCUT2D eigenvalue weighted by atomic mass is 10.1. The first-order valence-corrected chi connectivity index (χ1v) is 6.57. The molecule has 0 radical (unpaired) electrons. The van der Waals surface area contributed by atoms with Gasteiger partial charge in [-0.1, -0.05) is 31.2 Å². The minimum absolute atomic E-state index is 0.645. The maximum atomic E-state index is 4.39. The Morgan fingerprint density at radius 3 is 2.53 bits per heavy atom. The molecule has 0 aliphatic heterocycles. The summed E-state index contributed by atoms with van der Waals surface area (Å²) in [6.07, 6.45) is 1.04. The lowest BCUT2D eigenvalue weighted by Crippen LogP contribution is -2.06. The first-order valence-electron chi connectivity index (χ1n) is 6.57. The highest BCUT2D eigenvalue weighted by atomic mass is 15.1. The van der Waals surface area contributed by atoms with Crippen LogP contribution in [-0.2, 0) is 13.0 Å². The lowest BCUT2D eigenvalue weighted by Gasteiger charge is -2.11. The Hall–Kier alpha value is -2.10. The van der Waals surface area contributed by atoms with E-state index in [1.165, 1.54) is 11.1 Å². The molecule has 100 valence electrons. The second-order valence-electron chi connectivity index (χ2n) is 4.44. The third kappa shape index (κ3) is 3.44. The molecule has 2 N–H and O–H groups in total. The summed E-state index contributed by atoms with van der Waals surface area (Å²) in [5, 5.41) is 6.33. The molecule has 2 rings (SSSR count). The summed E-state index contributed by atoms with van der Waals surface area (Å²) >= 11 is 0. The largest absolute Gasteiger partial charge is 0.366 e. The SMILES string of the molecule is CCc1ccccc1CNc1cc(C)nc(NC)n1. The van der Waals surface area contributed by atoms with E-state index in [0.29, 0.717) is 5.95 Å². The van der Waals surface area contributed by atoms with Crippen molar-refractivity contribution >= 4 is 11.8 Å². The van der Waals surface area contributed by atoms with Gasteiger partial charge in [0.1, 0.15) is 5.82 Å². The van der Waals surface area contributed by atoms with E-state index in [9.17, 15) is 0 Å². The molecule has 1 aromatic carbocycles. The predicted molar refractivity (Wildman–Crippen MR) is 79.5 cm³/mol. The van der Waals surface area contributed by atoms with Gasteiger partial charge in [0, 0.05) is 25.4 Å². The van der Waals surface area contributed by atoms with Crippen LogP contribution in [0.5, 0.6) is 0 Å². The second-order valence-corrected chi connectivity index (χ2v) is 4.44. The van der Waals surface area contributed by atoms with Crippen LogP contribution < -0.4 is 10.6 Å². The first-order chi connectivity index (χ1) is 9.22. The van der Waals surface area contributed by atoms with Crippen molar-refractivity contribution in [3.05, 3.63) is 47.2 Å². The zero-order valence-electron chi connectivity index (χ0n) is 11.7. The Balaban J connectivity index is 2.12. The van der Waals surface area contributed by atoms with Crippen LogP contribution in [0.4, 0.5) is 11.8 Å². The predicted octanol–water partition coefficient (Wildman–Crippen LogP) is 3.00. The van der Waals surface area contributed by atoms with E-state index in [0.717, 1.165) is 24.5 Å². The maximum Gasteiger partial charge on any atom is 0.224 e. The van der Waals surface area contributed by atoms with E-state index in [1.54, 1.807) is 0 Å². The molecule has 0 unspecified atom stereocenters. The summed E-state index contributed by atoms with van der Waals surface area (Å²) in [4.78, 5) is 8.67. The number of nitrogens with one attached hydrogen (secondary N) is 2. The number of anilines is 2. The van der Waals surface area contributed by atoms with Gasteiger partial charge in [0.15, 0.2) is 0 Å². The maximum absolute atomic E-state index is 4.39. The molecule has 0 saturated carbocycles. The molecule has 4 heteroatoms. The van der Waals surface area contributed by atoms with Crippen LogP contribution in [-0.4, -0.2) is 17.0 Å². The Labute approximate surface area is 114 Å². The lowest BCUT2D eigenvalue weighted by molar-refractivity contribution is 1.02. The van der Waals surface area contributed by atoms with Gasteiger partial charge in [-0.15, -0.1) is 0 Å². The van der Waals surface area contributed by atoms with Crippen LogP contribution in [0.15, 0.2) is 30.3 Å². The van der Waals surface area contributed by atoms with Crippen LogP contribution in [0, 0.1) is 6.92 Å². The fraction of sp³-hybridized carbons (Fsp3) is 0.333. The minimum atomic E-state index is 0.645. The van der Waals surface area contributed by atoms with Crippen LogP contribution in [0.1, 0.15) is 23.7 Å². The fourth-order valence-electron chi connectivity index (χ4n) is 2.03. The van der Waals surface area contributed by atoms with Crippen molar-refractivity contribution in [2.45, 2.75) is 26.8 Å². The summed E-state index contributed by atoms with van der Waals surface area (Å²) in [6, 6.07) is 10.4. The van der Waals surface area contributed by atoms with Gasteiger partial charge in [0.2, 0.25) is 5.95 Å². The molecule has 0 aliphatic rings. The molecular weight excluding hydrogens is 236 g/mol. The fourth-order valence-corrected chi connectivity index (χ4v) is 2.03. The van der Waals surface area contributed by atoms with E-state index in [2.05, 4.69) is 51.8 Å². The monoisotopic (exact) mass is 256 g/mol. The second kappa shape index (κ2) is 6.18. The van der Waals surface area contributed by atoms with Gasteiger partial charge in [0.05, 0.1) is 0 Å². The molecule has 0 fully saturated rings. The molecule has 1 heterocycles. The Morgan fingerprint density at radius 1 is 1.11 bits per heavy atom. The van der Waals surface area contributed by atoms with Gasteiger partial charge in [-0.05, 0) is 24.5 Å².